The van der Waals surface area contributed by atoms with Crippen LogP contribution in [0.2, 0.25) is 0 Å². The zero-order valence-electron chi connectivity index (χ0n) is 14.1. The van der Waals surface area contributed by atoms with Gasteiger partial charge in [0, 0.05) is 31.2 Å². The maximum Gasteiger partial charge on any atom is 0.416 e. The van der Waals surface area contributed by atoms with E-state index in [0.29, 0.717) is 26.1 Å². The lowest BCUT2D eigenvalue weighted by Crippen LogP contribution is -2.51. The summed E-state index contributed by atoms with van der Waals surface area (Å²) in [4.78, 5) is 10.8. The van der Waals surface area contributed by atoms with Crippen molar-refractivity contribution in [1.82, 2.24) is 0 Å². The van der Waals surface area contributed by atoms with Crippen LogP contribution in [0.4, 0.5) is 13.2 Å². The third kappa shape index (κ3) is 3.81. The van der Waals surface area contributed by atoms with Crippen molar-refractivity contribution in [2.45, 2.75) is 55.9 Å². The lowest BCUT2D eigenvalue weighted by molar-refractivity contribution is -0.141. The highest BCUT2D eigenvalue weighted by Gasteiger charge is 2.49. The average molecular weight is 374 g/mol. The number of benzene rings is 1. The lowest BCUT2D eigenvalue weighted by atomic mass is 9.73. The molecule has 5 nitrogen and oxygen atoms in total. The number of alkyl halides is 3. The van der Waals surface area contributed by atoms with Gasteiger partial charge in [0.15, 0.2) is 0 Å². The van der Waals surface area contributed by atoms with E-state index in [0.717, 1.165) is 12.1 Å². The van der Waals surface area contributed by atoms with Crippen LogP contribution in [0.1, 0.15) is 49.7 Å². The number of carboxylic acids is 1. The Hall–Kier alpha value is -1.80. The van der Waals surface area contributed by atoms with Crippen LogP contribution in [0.25, 0.3) is 0 Å². The first kappa shape index (κ1) is 19.0. The maximum atomic E-state index is 13.1. The smallest absolute Gasteiger partial charge is 0.416 e. The van der Waals surface area contributed by atoms with Crippen LogP contribution in [0, 0.1) is 0 Å². The first-order valence-electron chi connectivity index (χ1n) is 8.56. The number of ether oxygens (including phenoxy) is 2. The standard InChI is InChI=1S/C18H21F3O5/c19-18(20,21)12-3-4-13-14(10-12)26-16(6-8-25-9-7-16)11-17(13,24)5-1-2-15(22)23/h3-4,10,24H,1-2,5-9,11H2,(H,22,23). The Labute approximate surface area is 148 Å². The average Bonchev–Trinajstić information content (AvgIpc) is 2.53. The van der Waals surface area contributed by atoms with Gasteiger partial charge in [-0.05, 0) is 25.0 Å². The fourth-order valence-electron chi connectivity index (χ4n) is 3.84. The van der Waals surface area contributed by atoms with Gasteiger partial charge < -0.3 is 19.7 Å². The van der Waals surface area contributed by atoms with Crippen LogP contribution in [0.15, 0.2) is 18.2 Å². The van der Waals surface area contributed by atoms with Crippen molar-refractivity contribution in [3.05, 3.63) is 29.3 Å². The Morgan fingerprint density at radius 3 is 2.54 bits per heavy atom. The van der Waals surface area contributed by atoms with E-state index >= 15 is 0 Å². The number of aliphatic hydroxyl groups is 1. The SMILES string of the molecule is O=C(O)CCCC1(O)CC2(CCOCC2)Oc2cc(C(F)(F)F)ccc21. The molecule has 1 unspecified atom stereocenters. The number of hydrogen-bond acceptors (Lipinski definition) is 4. The molecule has 0 radical (unpaired) electrons. The summed E-state index contributed by atoms with van der Waals surface area (Å²) in [5.41, 5.74) is -2.78. The van der Waals surface area contributed by atoms with Gasteiger partial charge in [-0.2, -0.15) is 13.2 Å². The summed E-state index contributed by atoms with van der Waals surface area (Å²) < 4.78 is 50.5. The normalized spacial score (nSPS) is 24.8. The summed E-state index contributed by atoms with van der Waals surface area (Å²) in [6.07, 6.45) is -3.13. The number of carbonyl (C=O) groups is 1. The highest BCUT2D eigenvalue weighted by molar-refractivity contribution is 5.66. The van der Waals surface area contributed by atoms with Gasteiger partial charge in [-0.25, -0.2) is 0 Å². The largest absolute Gasteiger partial charge is 0.487 e. The van der Waals surface area contributed by atoms with Gasteiger partial charge in [0.1, 0.15) is 11.4 Å². The van der Waals surface area contributed by atoms with Crippen LogP contribution in [0.5, 0.6) is 5.75 Å². The summed E-state index contributed by atoms with van der Waals surface area (Å²) >= 11 is 0. The van der Waals surface area contributed by atoms with E-state index in [2.05, 4.69) is 0 Å². The van der Waals surface area contributed by atoms with Crippen molar-refractivity contribution in [3.8, 4) is 5.75 Å². The second-order valence-electron chi connectivity index (χ2n) is 7.06. The van der Waals surface area contributed by atoms with Crippen molar-refractivity contribution in [3.63, 3.8) is 0 Å². The third-order valence-electron chi connectivity index (χ3n) is 5.14. The Bertz CT molecular complexity index is 682. The minimum atomic E-state index is -4.51. The van der Waals surface area contributed by atoms with Gasteiger partial charge >= 0.3 is 12.1 Å². The summed E-state index contributed by atoms with van der Waals surface area (Å²) in [5, 5.41) is 20.1. The van der Waals surface area contributed by atoms with Crippen LogP contribution in [-0.4, -0.2) is 35.0 Å². The van der Waals surface area contributed by atoms with Crippen LogP contribution < -0.4 is 4.74 Å². The molecule has 144 valence electrons. The van der Waals surface area contributed by atoms with Gasteiger partial charge in [0.05, 0.1) is 24.4 Å². The van der Waals surface area contributed by atoms with Gasteiger partial charge in [-0.1, -0.05) is 6.07 Å². The second-order valence-corrected chi connectivity index (χ2v) is 7.06. The summed E-state index contributed by atoms with van der Waals surface area (Å²) in [6, 6.07) is 3.09. The molecule has 1 atom stereocenters. The van der Waals surface area contributed by atoms with E-state index in [1.807, 2.05) is 0 Å². The van der Waals surface area contributed by atoms with Crippen LogP contribution in [0.3, 0.4) is 0 Å². The Kier molecular flexibility index (Phi) is 4.92. The number of aliphatic carboxylic acids is 1. The highest BCUT2D eigenvalue weighted by atomic mass is 19.4. The Morgan fingerprint density at radius 1 is 1.23 bits per heavy atom. The fraction of sp³-hybridized carbons (Fsp3) is 0.611. The van der Waals surface area contributed by atoms with Gasteiger partial charge in [-0.3, -0.25) is 4.79 Å². The predicted molar refractivity (Wildman–Crippen MR) is 84.9 cm³/mol. The molecule has 3 rings (SSSR count). The first-order valence-corrected chi connectivity index (χ1v) is 8.56. The van der Waals surface area contributed by atoms with Crippen molar-refractivity contribution in [2.24, 2.45) is 0 Å². The van der Waals surface area contributed by atoms with Crippen molar-refractivity contribution in [1.29, 1.82) is 0 Å². The lowest BCUT2D eigenvalue weighted by Gasteiger charge is -2.48. The molecular formula is C18H21F3O5. The Morgan fingerprint density at radius 2 is 1.92 bits per heavy atom. The number of carboxylic acid groups (broad SMARTS) is 1. The van der Waals surface area contributed by atoms with Crippen molar-refractivity contribution in [2.75, 3.05) is 13.2 Å². The fourth-order valence-corrected chi connectivity index (χ4v) is 3.84. The van der Waals surface area contributed by atoms with E-state index in [1.54, 1.807) is 0 Å². The molecule has 1 saturated heterocycles. The molecule has 0 aliphatic carbocycles. The molecule has 2 N–H and O–H groups in total. The topological polar surface area (TPSA) is 76.0 Å². The van der Waals surface area contributed by atoms with Crippen molar-refractivity contribution < 1.29 is 37.7 Å². The van der Waals surface area contributed by atoms with E-state index < -0.39 is 28.9 Å². The van der Waals surface area contributed by atoms with E-state index in [-0.39, 0.29) is 37.0 Å². The number of fused-ring (bicyclic) bond motifs is 1. The molecule has 0 aromatic heterocycles. The molecule has 2 heterocycles. The third-order valence-corrected chi connectivity index (χ3v) is 5.14. The molecule has 1 fully saturated rings. The molecule has 8 heteroatoms. The maximum absolute atomic E-state index is 13.1. The van der Waals surface area contributed by atoms with Crippen molar-refractivity contribution >= 4 is 5.97 Å². The Balaban J connectivity index is 1.97. The van der Waals surface area contributed by atoms with Gasteiger partial charge in [0.2, 0.25) is 0 Å². The van der Waals surface area contributed by atoms with E-state index in [4.69, 9.17) is 14.6 Å². The number of hydrogen-bond donors (Lipinski definition) is 2. The molecule has 1 spiro atoms. The summed E-state index contributed by atoms with van der Waals surface area (Å²) in [6.45, 7) is 0.805. The first-order chi connectivity index (χ1) is 12.1. The molecule has 0 amide bonds. The molecular weight excluding hydrogens is 353 g/mol. The molecule has 0 saturated carbocycles. The minimum Gasteiger partial charge on any atom is -0.487 e. The molecule has 1 aromatic rings. The number of halogens is 3. The minimum absolute atomic E-state index is 0.0193. The van der Waals surface area contributed by atoms with Crippen LogP contribution in [-0.2, 0) is 21.3 Å². The molecule has 2 aliphatic heterocycles. The summed E-state index contributed by atoms with van der Waals surface area (Å²) in [5.74, 6) is -0.958. The zero-order chi connectivity index (χ0) is 19.0. The van der Waals surface area contributed by atoms with Gasteiger partial charge in [0.25, 0.3) is 0 Å². The van der Waals surface area contributed by atoms with Gasteiger partial charge in [-0.15, -0.1) is 0 Å². The van der Waals surface area contributed by atoms with E-state index in [1.165, 1.54) is 6.07 Å². The predicted octanol–water partition coefficient (Wildman–Crippen LogP) is 3.48. The molecule has 0 bridgehead atoms. The molecule has 2 aliphatic rings. The highest BCUT2D eigenvalue weighted by Crippen LogP contribution is 2.50. The number of rotatable bonds is 4. The monoisotopic (exact) mass is 374 g/mol. The second kappa shape index (κ2) is 6.74. The zero-order valence-corrected chi connectivity index (χ0v) is 14.1. The van der Waals surface area contributed by atoms with E-state index in [9.17, 15) is 23.1 Å². The summed E-state index contributed by atoms with van der Waals surface area (Å²) in [7, 11) is 0. The van der Waals surface area contributed by atoms with Crippen LogP contribution >= 0.6 is 0 Å². The molecule has 26 heavy (non-hydrogen) atoms. The molecule has 1 aromatic carbocycles. The quantitative estimate of drug-likeness (QED) is 0.844.